The Balaban J connectivity index is 4.80. The average Bonchev–Trinajstić information content (AvgIpc) is 3.28. The lowest BCUT2D eigenvalue weighted by Crippen LogP contribution is -2.30. The maximum Gasteiger partial charge on any atom is 0.472 e. The molecular formula is C52H91O11P. The van der Waals surface area contributed by atoms with E-state index in [2.05, 4.69) is 81.5 Å². The van der Waals surface area contributed by atoms with Crippen molar-refractivity contribution in [1.82, 2.24) is 0 Å². The molecule has 0 aromatic rings. The van der Waals surface area contributed by atoms with Crippen molar-refractivity contribution in [3.8, 4) is 0 Å². The number of aliphatic hydroxyl groups is 1. The number of carbonyl (C=O) groups excluding carboxylic acids is 3. The number of hydrogen-bond acceptors (Lipinski definition) is 10. The van der Waals surface area contributed by atoms with Gasteiger partial charge in [0.2, 0.25) is 0 Å². The SMILES string of the molecule is CC/C=C\C/C=C\C/C=C\C/C=C\CCCCC(=O)OCC(COP(=O)(O)OCC(CO)OC(=O)CCCCCCCCCCCCC)OC(=O)CCCCCCC/C=C\CCCC. The summed E-state index contributed by atoms with van der Waals surface area (Å²) in [4.78, 5) is 48.2. The van der Waals surface area contributed by atoms with Crippen molar-refractivity contribution >= 4 is 25.7 Å². The lowest BCUT2D eigenvalue weighted by molar-refractivity contribution is -0.161. The Morgan fingerprint density at radius 2 is 0.828 bits per heavy atom. The van der Waals surface area contributed by atoms with Gasteiger partial charge in [-0.15, -0.1) is 0 Å². The van der Waals surface area contributed by atoms with E-state index in [1.807, 2.05) is 0 Å². The minimum atomic E-state index is -4.74. The first-order valence-corrected chi connectivity index (χ1v) is 26.7. The largest absolute Gasteiger partial charge is 0.472 e. The molecule has 11 nitrogen and oxygen atoms in total. The van der Waals surface area contributed by atoms with Gasteiger partial charge in [-0.05, 0) is 77.0 Å². The second-order valence-electron chi connectivity index (χ2n) is 16.6. The van der Waals surface area contributed by atoms with Crippen LogP contribution < -0.4 is 0 Å². The Morgan fingerprint density at radius 1 is 0.453 bits per heavy atom. The van der Waals surface area contributed by atoms with Crippen LogP contribution in [0.5, 0.6) is 0 Å². The summed E-state index contributed by atoms with van der Waals surface area (Å²) in [5, 5.41) is 9.75. The molecule has 12 heteroatoms. The van der Waals surface area contributed by atoms with Crippen LogP contribution in [0.2, 0.25) is 0 Å². The summed E-state index contributed by atoms with van der Waals surface area (Å²) in [6, 6.07) is 0. The Morgan fingerprint density at radius 3 is 1.34 bits per heavy atom. The first kappa shape index (κ1) is 61.2. The van der Waals surface area contributed by atoms with Gasteiger partial charge in [0.15, 0.2) is 6.10 Å². The van der Waals surface area contributed by atoms with E-state index in [1.54, 1.807) is 0 Å². The topological polar surface area (TPSA) is 155 Å². The molecule has 0 fully saturated rings. The quantitative estimate of drug-likeness (QED) is 0.0197. The first-order chi connectivity index (χ1) is 31.2. The Kier molecular flexibility index (Phi) is 44.6. The fourth-order valence-corrected chi connectivity index (χ4v) is 7.35. The van der Waals surface area contributed by atoms with Crippen molar-refractivity contribution < 1.29 is 52.2 Å². The maximum absolute atomic E-state index is 12.8. The molecule has 0 aromatic heterocycles. The maximum atomic E-state index is 12.8. The number of aliphatic hydroxyl groups excluding tert-OH is 1. The molecule has 0 aliphatic rings. The summed E-state index contributed by atoms with van der Waals surface area (Å²) in [5.74, 6) is -1.53. The molecule has 3 atom stereocenters. The number of unbranched alkanes of at least 4 members (excludes halogenated alkanes) is 19. The van der Waals surface area contributed by atoms with E-state index in [9.17, 15) is 28.9 Å². The Labute approximate surface area is 389 Å². The number of allylic oxidation sites excluding steroid dienone is 10. The van der Waals surface area contributed by atoms with Crippen LogP contribution in [0.15, 0.2) is 60.8 Å². The Bertz CT molecular complexity index is 1310. The van der Waals surface area contributed by atoms with Gasteiger partial charge in [-0.25, -0.2) is 4.57 Å². The van der Waals surface area contributed by atoms with Crippen LogP contribution in [0.25, 0.3) is 0 Å². The summed E-state index contributed by atoms with van der Waals surface area (Å²) in [5.41, 5.74) is 0. The minimum Gasteiger partial charge on any atom is -0.462 e. The van der Waals surface area contributed by atoms with Crippen molar-refractivity contribution in [3.05, 3.63) is 60.8 Å². The molecule has 0 radical (unpaired) electrons. The van der Waals surface area contributed by atoms with Crippen molar-refractivity contribution in [2.45, 2.75) is 226 Å². The van der Waals surface area contributed by atoms with E-state index in [1.165, 1.54) is 57.8 Å². The molecule has 0 heterocycles. The first-order valence-electron chi connectivity index (χ1n) is 25.2. The van der Waals surface area contributed by atoms with E-state index >= 15 is 0 Å². The van der Waals surface area contributed by atoms with Crippen LogP contribution in [0.1, 0.15) is 213 Å². The van der Waals surface area contributed by atoms with Gasteiger partial charge >= 0.3 is 25.7 Å². The van der Waals surface area contributed by atoms with E-state index in [4.69, 9.17) is 23.3 Å². The van der Waals surface area contributed by atoms with E-state index < -0.39 is 57.8 Å². The molecule has 0 spiro atoms. The van der Waals surface area contributed by atoms with Gasteiger partial charge in [0.1, 0.15) is 12.7 Å². The van der Waals surface area contributed by atoms with Crippen LogP contribution in [0, 0.1) is 0 Å². The molecule has 0 saturated carbocycles. The fourth-order valence-electron chi connectivity index (χ4n) is 6.56. The molecule has 0 saturated heterocycles. The van der Waals surface area contributed by atoms with Crippen LogP contribution in [-0.4, -0.2) is 66.5 Å². The van der Waals surface area contributed by atoms with Gasteiger partial charge in [-0.3, -0.25) is 23.4 Å². The third-order valence-electron chi connectivity index (χ3n) is 10.4. The zero-order valence-electron chi connectivity index (χ0n) is 40.5. The zero-order chi connectivity index (χ0) is 47.0. The summed E-state index contributed by atoms with van der Waals surface area (Å²) in [6.07, 6.45) is 47.7. The number of esters is 3. The van der Waals surface area contributed by atoms with Gasteiger partial charge in [0.05, 0.1) is 19.8 Å². The lowest BCUT2D eigenvalue weighted by Gasteiger charge is -2.21. The van der Waals surface area contributed by atoms with E-state index in [-0.39, 0.29) is 25.9 Å². The molecule has 0 bridgehead atoms. The monoisotopic (exact) mass is 923 g/mol. The number of phosphoric acid groups is 1. The molecule has 0 aromatic carbocycles. The molecule has 0 amide bonds. The summed E-state index contributed by atoms with van der Waals surface area (Å²) in [6.45, 7) is 4.40. The van der Waals surface area contributed by atoms with Crippen molar-refractivity contribution in [3.63, 3.8) is 0 Å². The normalized spacial score (nSPS) is 14.0. The molecular weight excluding hydrogens is 832 g/mol. The van der Waals surface area contributed by atoms with Gasteiger partial charge in [-0.1, -0.05) is 178 Å². The smallest absolute Gasteiger partial charge is 0.462 e. The van der Waals surface area contributed by atoms with Gasteiger partial charge in [0, 0.05) is 19.3 Å². The second kappa shape index (κ2) is 46.7. The van der Waals surface area contributed by atoms with E-state index in [0.29, 0.717) is 19.3 Å². The van der Waals surface area contributed by atoms with Gasteiger partial charge < -0.3 is 24.2 Å². The average molecular weight is 923 g/mol. The molecule has 64 heavy (non-hydrogen) atoms. The standard InChI is InChI=1S/C52H91O11P/c1-4-7-10-13-16-19-22-23-24-25-28-29-32-35-38-41-50(54)59-45-49(63-52(56)43-40-37-34-31-27-21-18-15-12-9-6-3)47-61-64(57,58)60-46-48(44-53)62-51(55)42-39-36-33-30-26-20-17-14-11-8-5-2/h7,10,15-16,18-19,23-24,28-29,48-49,53H,4-6,8-9,11-14,17,20-22,25-27,30-47H2,1-3H3,(H,57,58)/b10-7-,18-15-,19-16-,24-23-,29-28-. The summed E-state index contributed by atoms with van der Waals surface area (Å²) in [7, 11) is -4.74. The van der Waals surface area contributed by atoms with Crippen molar-refractivity contribution in [1.29, 1.82) is 0 Å². The summed E-state index contributed by atoms with van der Waals surface area (Å²) < 4.78 is 39.2. The molecule has 0 rings (SSSR count). The highest BCUT2D eigenvalue weighted by atomic mass is 31.2. The minimum absolute atomic E-state index is 0.148. The highest BCUT2D eigenvalue weighted by Gasteiger charge is 2.28. The predicted octanol–water partition coefficient (Wildman–Crippen LogP) is 14.0. The zero-order valence-corrected chi connectivity index (χ0v) is 41.4. The molecule has 3 unspecified atom stereocenters. The number of hydrogen-bond donors (Lipinski definition) is 2. The molecule has 0 aliphatic heterocycles. The number of carbonyl (C=O) groups is 3. The van der Waals surface area contributed by atoms with E-state index in [0.717, 1.165) is 96.3 Å². The van der Waals surface area contributed by atoms with Crippen LogP contribution in [0.3, 0.4) is 0 Å². The van der Waals surface area contributed by atoms with Crippen LogP contribution in [-0.2, 0) is 42.2 Å². The number of ether oxygens (including phenoxy) is 3. The molecule has 370 valence electrons. The lowest BCUT2D eigenvalue weighted by atomic mass is 10.1. The molecule has 2 N–H and O–H groups in total. The number of rotatable bonds is 46. The van der Waals surface area contributed by atoms with Crippen LogP contribution in [0.4, 0.5) is 0 Å². The predicted molar refractivity (Wildman–Crippen MR) is 261 cm³/mol. The fraction of sp³-hybridized carbons (Fsp3) is 0.750. The molecule has 0 aliphatic carbocycles. The summed E-state index contributed by atoms with van der Waals surface area (Å²) >= 11 is 0. The van der Waals surface area contributed by atoms with Gasteiger partial charge in [-0.2, -0.15) is 0 Å². The highest BCUT2D eigenvalue weighted by molar-refractivity contribution is 7.47. The van der Waals surface area contributed by atoms with Crippen LogP contribution >= 0.6 is 7.82 Å². The van der Waals surface area contributed by atoms with Gasteiger partial charge in [0.25, 0.3) is 0 Å². The second-order valence-corrected chi connectivity index (χ2v) is 18.1. The third-order valence-corrected chi connectivity index (χ3v) is 11.4. The number of phosphoric ester groups is 1. The third kappa shape index (κ3) is 44.4. The van der Waals surface area contributed by atoms with Crippen molar-refractivity contribution in [2.24, 2.45) is 0 Å². The van der Waals surface area contributed by atoms with Crippen molar-refractivity contribution in [2.75, 3.05) is 26.4 Å². The highest BCUT2D eigenvalue weighted by Crippen LogP contribution is 2.43. The Hall–Kier alpha value is -2.82.